The second-order valence-corrected chi connectivity index (χ2v) is 4.92. The van der Waals surface area contributed by atoms with E-state index in [4.69, 9.17) is 5.26 Å². The van der Waals surface area contributed by atoms with Gasteiger partial charge in [0.05, 0.1) is 18.2 Å². The number of anilines is 1. The lowest BCUT2D eigenvalue weighted by atomic mass is 10.3. The number of nitrogens with zero attached hydrogens (tertiary/aromatic N) is 2. The van der Waals surface area contributed by atoms with Crippen LogP contribution in [0.15, 0.2) is 11.4 Å². The molecule has 0 saturated carbocycles. The molecule has 0 unspecified atom stereocenters. The average Bonchev–Trinajstić information content (AvgIpc) is 2.87. The van der Waals surface area contributed by atoms with E-state index in [1.54, 1.807) is 11.4 Å². The van der Waals surface area contributed by atoms with Crippen LogP contribution < -0.4 is 5.32 Å². The van der Waals surface area contributed by atoms with E-state index in [2.05, 4.69) is 5.32 Å². The van der Waals surface area contributed by atoms with Crippen LogP contribution in [0.25, 0.3) is 0 Å². The first kappa shape index (κ1) is 12.0. The van der Waals surface area contributed by atoms with Crippen LogP contribution in [0.4, 0.5) is 5.00 Å². The highest BCUT2D eigenvalue weighted by atomic mass is 32.1. The molecule has 17 heavy (non-hydrogen) atoms. The number of carbonyl (C=O) groups is 1. The van der Waals surface area contributed by atoms with Crippen molar-refractivity contribution in [1.29, 1.82) is 5.26 Å². The maximum Gasteiger partial charge on any atom is 0.239 e. The molecule has 1 fully saturated rings. The van der Waals surface area contributed by atoms with Crippen molar-refractivity contribution in [3.63, 3.8) is 0 Å². The highest BCUT2D eigenvalue weighted by Crippen LogP contribution is 2.22. The predicted octanol–water partition coefficient (Wildman–Crippen LogP) is 0.625. The topological polar surface area (TPSA) is 76.4 Å². The monoisotopic (exact) mass is 251 g/mol. The fourth-order valence-corrected chi connectivity index (χ4v) is 2.57. The van der Waals surface area contributed by atoms with Gasteiger partial charge >= 0.3 is 0 Å². The lowest BCUT2D eigenvalue weighted by Crippen LogP contribution is -2.32. The summed E-state index contributed by atoms with van der Waals surface area (Å²) in [5, 5.41) is 23.2. The van der Waals surface area contributed by atoms with E-state index in [1.165, 1.54) is 11.3 Å². The molecule has 0 bridgehead atoms. The Kier molecular flexibility index (Phi) is 3.74. The van der Waals surface area contributed by atoms with Crippen molar-refractivity contribution in [2.24, 2.45) is 0 Å². The molecule has 90 valence electrons. The van der Waals surface area contributed by atoms with Crippen LogP contribution in [0.5, 0.6) is 0 Å². The SMILES string of the molecule is N#Cc1ccsc1NC(=O)CN1CC[C@@H](O)C1. The summed E-state index contributed by atoms with van der Waals surface area (Å²) in [5.41, 5.74) is 0.491. The summed E-state index contributed by atoms with van der Waals surface area (Å²) < 4.78 is 0. The number of likely N-dealkylation sites (tertiary alicyclic amines) is 1. The van der Waals surface area contributed by atoms with Crippen LogP contribution in [0, 0.1) is 11.3 Å². The van der Waals surface area contributed by atoms with E-state index < -0.39 is 0 Å². The third-order valence-corrected chi connectivity index (χ3v) is 3.48. The van der Waals surface area contributed by atoms with E-state index in [9.17, 15) is 9.90 Å². The molecule has 0 aliphatic carbocycles. The first-order valence-electron chi connectivity index (χ1n) is 5.37. The quantitative estimate of drug-likeness (QED) is 0.826. The lowest BCUT2D eigenvalue weighted by Gasteiger charge is -2.13. The Balaban J connectivity index is 1.88. The molecule has 1 amide bonds. The van der Waals surface area contributed by atoms with Gasteiger partial charge in [0.2, 0.25) is 5.91 Å². The van der Waals surface area contributed by atoms with Gasteiger partial charge in [0.15, 0.2) is 0 Å². The van der Waals surface area contributed by atoms with Crippen LogP contribution in [0.2, 0.25) is 0 Å². The first-order chi connectivity index (χ1) is 8.19. The molecule has 1 saturated heterocycles. The standard InChI is InChI=1S/C11H13N3O2S/c12-5-8-2-4-17-11(8)13-10(16)7-14-3-1-9(15)6-14/h2,4,9,15H,1,3,6-7H2,(H,13,16)/t9-/m1/s1. The van der Waals surface area contributed by atoms with Crippen LogP contribution in [0.1, 0.15) is 12.0 Å². The highest BCUT2D eigenvalue weighted by Gasteiger charge is 2.22. The van der Waals surface area contributed by atoms with E-state index in [1.807, 2.05) is 11.0 Å². The summed E-state index contributed by atoms with van der Waals surface area (Å²) >= 11 is 1.34. The molecule has 0 radical (unpaired) electrons. The molecule has 1 aliphatic heterocycles. The number of aliphatic hydroxyl groups excluding tert-OH is 1. The lowest BCUT2D eigenvalue weighted by molar-refractivity contribution is -0.117. The number of aliphatic hydroxyl groups is 1. The Morgan fingerprint density at radius 2 is 2.59 bits per heavy atom. The molecule has 0 aromatic carbocycles. The summed E-state index contributed by atoms with van der Waals surface area (Å²) in [4.78, 5) is 13.6. The molecule has 1 aliphatic rings. The minimum Gasteiger partial charge on any atom is -0.392 e. The van der Waals surface area contributed by atoms with Gasteiger partial charge in [-0.2, -0.15) is 5.26 Å². The molecule has 5 nitrogen and oxygen atoms in total. The van der Waals surface area contributed by atoms with Crippen molar-refractivity contribution in [1.82, 2.24) is 4.90 Å². The molecule has 2 rings (SSSR count). The number of hydrogen-bond donors (Lipinski definition) is 2. The van der Waals surface area contributed by atoms with E-state index in [-0.39, 0.29) is 18.6 Å². The number of β-amino-alcohol motifs (C(OH)–C–C–N with tert-alkyl or cyclic N) is 1. The fourth-order valence-electron chi connectivity index (χ4n) is 1.82. The summed E-state index contributed by atoms with van der Waals surface area (Å²) in [6, 6.07) is 3.70. The van der Waals surface area contributed by atoms with E-state index >= 15 is 0 Å². The zero-order chi connectivity index (χ0) is 12.3. The van der Waals surface area contributed by atoms with Crippen molar-refractivity contribution in [2.75, 3.05) is 25.0 Å². The smallest absolute Gasteiger partial charge is 0.239 e. The minimum absolute atomic E-state index is 0.141. The second kappa shape index (κ2) is 5.27. The molecular formula is C11H13N3O2S. The van der Waals surface area contributed by atoms with Crippen molar-refractivity contribution in [3.8, 4) is 6.07 Å². The Morgan fingerprint density at radius 3 is 3.24 bits per heavy atom. The van der Waals surface area contributed by atoms with Crippen LogP contribution in [0.3, 0.4) is 0 Å². The summed E-state index contributed by atoms with van der Waals surface area (Å²) in [6.45, 7) is 1.55. The Bertz CT molecular complexity index is 452. The van der Waals surface area contributed by atoms with E-state index in [0.717, 1.165) is 13.0 Å². The third kappa shape index (κ3) is 3.03. The first-order valence-corrected chi connectivity index (χ1v) is 6.25. The summed E-state index contributed by atoms with van der Waals surface area (Å²) in [6.07, 6.45) is 0.398. The van der Waals surface area contributed by atoms with Gasteiger partial charge in [-0.15, -0.1) is 11.3 Å². The Labute approximate surface area is 103 Å². The predicted molar refractivity (Wildman–Crippen MR) is 64.7 cm³/mol. The molecule has 2 N–H and O–H groups in total. The van der Waals surface area contributed by atoms with Gasteiger partial charge in [0.25, 0.3) is 0 Å². The van der Waals surface area contributed by atoms with Crippen LogP contribution in [-0.2, 0) is 4.79 Å². The van der Waals surface area contributed by atoms with Crippen LogP contribution >= 0.6 is 11.3 Å². The number of nitrogens with one attached hydrogen (secondary N) is 1. The van der Waals surface area contributed by atoms with Gasteiger partial charge in [0.1, 0.15) is 11.1 Å². The average molecular weight is 251 g/mol. The number of thiophene rings is 1. The van der Waals surface area contributed by atoms with Crippen molar-refractivity contribution < 1.29 is 9.90 Å². The van der Waals surface area contributed by atoms with Gasteiger partial charge in [0, 0.05) is 13.1 Å². The number of nitriles is 1. The van der Waals surface area contributed by atoms with Crippen molar-refractivity contribution in [3.05, 3.63) is 17.0 Å². The van der Waals surface area contributed by atoms with Gasteiger partial charge in [-0.1, -0.05) is 0 Å². The second-order valence-electron chi connectivity index (χ2n) is 4.00. The van der Waals surface area contributed by atoms with Crippen molar-refractivity contribution in [2.45, 2.75) is 12.5 Å². The molecule has 1 atom stereocenters. The molecule has 1 aromatic rings. The van der Waals surface area contributed by atoms with Gasteiger partial charge in [-0.3, -0.25) is 9.69 Å². The van der Waals surface area contributed by atoms with E-state index in [0.29, 0.717) is 17.1 Å². The molecule has 1 aromatic heterocycles. The summed E-state index contributed by atoms with van der Waals surface area (Å²) in [7, 11) is 0. The molecule has 2 heterocycles. The maximum absolute atomic E-state index is 11.7. The number of amides is 1. The third-order valence-electron chi connectivity index (χ3n) is 2.65. The van der Waals surface area contributed by atoms with Gasteiger partial charge in [-0.25, -0.2) is 0 Å². The van der Waals surface area contributed by atoms with Crippen molar-refractivity contribution >= 4 is 22.2 Å². The van der Waals surface area contributed by atoms with Crippen LogP contribution in [-0.4, -0.2) is 41.7 Å². The zero-order valence-electron chi connectivity index (χ0n) is 9.22. The minimum atomic E-state index is -0.320. The Morgan fingerprint density at radius 1 is 1.76 bits per heavy atom. The molecule has 6 heteroatoms. The van der Waals surface area contributed by atoms with Gasteiger partial charge < -0.3 is 10.4 Å². The molecular weight excluding hydrogens is 238 g/mol. The fraction of sp³-hybridized carbons (Fsp3) is 0.455. The summed E-state index contributed by atoms with van der Waals surface area (Å²) in [5.74, 6) is -0.141. The normalized spacial score (nSPS) is 20.1. The highest BCUT2D eigenvalue weighted by molar-refractivity contribution is 7.14. The maximum atomic E-state index is 11.7. The Hall–Kier alpha value is -1.42. The molecule has 0 spiro atoms. The number of carbonyl (C=O) groups excluding carboxylic acids is 1. The number of hydrogen-bond acceptors (Lipinski definition) is 5. The zero-order valence-corrected chi connectivity index (χ0v) is 10.0. The van der Waals surface area contributed by atoms with Gasteiger partial charge in [-0.05, 0) is 17.9 Å². The number of rotatable bonds is 3. The largest absolute Gasteiger partial charge is 0.392 e.